The lowest BCUT2D eigenvalue weighted by atomic mass is 9.88. The van der Waals surface area contributed by atoms with E-state index < -0.39 is 6.04 Å². The number of likely N-dealkylation sites (tertiary alicyclic amines) is 1. The number of thiophene rings is 1. The fourth-order valence-corrected chi connectivity index (χ4v) is 4.03. The lowest BCUT2D eigenvalue weighted by Gasteiger charge is -2.37. The number of piperidine rings is 1. The second-order valence-electron chi connectivity index (χ2n) is 6.38. The predicted molar refractivity (Wildman–Crippen MR) is 109 cm³/mol. The minimum atomic E-state index is -0.508. The first-order valence-electron chi connectivity index (χ1n) is 9.21. The number of hydrogen-bond acceptors (Lipinski definition) is 4. The molecule has 1 atom stereocenters. The Balaban J connectivity index is 2.01. The summed E-state index contributed by atoms with van der Waals surface area (Å²) in [6, 6.07) is 3.11. The maximum atomic E-state index is 12.7. The molecular weight excluding hydrogens is 368 g/mol. The first-order chi connectivity index (χ1) is 12.6. The van der Waals surface area contributed by atoms with Crippen LogP contribution < -0.4 is 16.0 Å². The average molecular weight is 397 g/mol. The van der Waals surface area contributed by atoms with E-state index in [1.54, 1.807) is 6.07 Å². The Kier molecular flexibility index (Phi) is 8.31. The van der Waals surface area contributed by atoms with Crippen LogP contribution in [0.3, 0.4) is 0 Å². The lowest BCUT2D eigenvalue weighted by Crippen LogP contribution is -2.54. The van der Waals surface area contributed by atoms with Crippen LogP contribution in [0.2, 0.25) is 0 Å². The van der Waals surface area contributed by atoms with Crippen LogP contribution >= 0.6 is 23.6 Å². The van der Waals surface area contributed by atoms with Crippen molar-refractivity contribution in [1.82, 2.24) is 20.9 Å². The fraction of sp³-hybridized carbons (Fsp3) is 0.611. The molecule has 1 saturated heterocycles. The van der Waals surface area contributed by atoms with Gasteiger partial charge >= 0.3 is 0 Å². The van der Waals surface area contributed by atoms with Crippen molar-refractivity contribution in [2.75, 3.05) is 26.2 Å². The summed E-state index contributed by atoms with van der Waals surface area (Å²) in [4.78, 5) is 27.9. The highest BCUT2D eigenvalue weighted by atomic mass is 32.1. The van der Waals surface area contributed by atoms with Gasteiger partial charge in [0, 0.05) is 26.2 Å². The van der Waals surface area contributed by atoms with Crippen LogP contribution in [0.4, 0.5) is 0 Å². The van der Waals surface area contributed by atoms with E-state index in [2.05, 4.69) is 20.9 Å². The topological polar surface area (TPSA) is 73.5 Å². The monoisotopic (exact) mass is 396 g/mol. The summed E-state index contributed by atoms with van der Waals surface area (Å²) in [5.74, 6) is -0.164. The van der Waals surface area contributed by atoms with Gasteiger partial charge in [0.05, 0.1) is 4.88 Å². The molecule has 26 heavy (non-hydrogen) atoms. The molecule has 0 saturated carbocycles. The summed E-state index contributed by atoms with van der Waals surface area (Å²) in [6.45, 7) is 7.05. The van der Waals surface area contributed by atoms with Crippen molar-refractivity contribution in [2.45, 2.75) is 39.2 Å². The molecule has 8 heteroatoms. The molecule has 0 aliphatic carbocycles. The van der Waals surface area contributed by atoms with Crippen LogP contribution in [0, 0.1) is 5.92 Å². The Morgan fingerprint density at radius 1 is 1.31 bits per heavy atom. The van der Waals surface area contributed by atoms with Crippen LogP contribution in [0.25, 0.3) is 0 Å². The van der Waals surface area contributed by atoms with Crippen molar-refractivity contribution in [3.8, 4) is 0 Å². The molecule has 1 aromatic rings. The van der Waals surface area contributed by atoms with Crippen LogP contribution in [-0.2, 0) is 4.79 Å². The normalized spacial score (nSPS) is 16.0. The second kappa shape index (κ2) is 10.5. The first-order valence-corrected chi connectivity index (χ1v) is 10.5. The standard InChI is InChI=1S/C18H28N4O2S2/c1-3-9-20-17(24)15(21-16(23)14-6-5-12-26-14)13-7-10-22(11-8-13)18(25)19-4-2/h5-6,12-13,15H,3-4,7-11H2,1-2H3,(H,19,25)(H,20,24)(H,21,23). The van der Waals surface area contributed by atoms with E-state index in [9.17, 15) is 9.59 Å². The fourth-order valence-electron chi connectivity index (χ4n) is 3.07. The van der Waals surface area contributed by atoms with Gasteiger partial charge in [-0.15, -0.1) is 11.3 Å². The number of nitrogens with zero attached hydrogens (tertiary/aromatic N) is 1. The summed E-state index contributed by atoms with van der Waals surface area (Å²) in [7, 11) is 0. The van der Waals surface area contributed by atoms with Gasteiger partial charge in [-0.3, -0.25) is 9.59 Å². The third-order valence-corrected chi connectivity index (χ3v) is 5.76. The van der Waals surface area contributed by atoms with Crippen LogP contribution in [0.15, 0.2) is 17.5 Å². The highest BCUT2D eigenvalue weighted by molar-refractivity contribution is 7.80. The molecule has 0 spiro atoms. The van der Waals surface area contributed by atoms with Gasteiger partial charge in [0.1, 0.15) is 6.04 Å². The number of thiocarbonyl (C=S) groups is 1. The maximum absolute atomic E-state index is 12.7. The van der Waals surface area contributed by atoms with Gasteiger partial charge in [0.25, 0.3) is 5.91 Å². The van der Waals surface area contributed by atoms with Crippen molar-refractivity contribution in [1.29, 1.82) is 0 Å². The zero-order valence-electron chi connectivity index (χ0n) is 15.4. The van der Waals surface area contributed by atoms with Gasteiger partial charge in [-0.1, -0.05) is 13.0 Å². The van der Waals surface area contributed by atoms with Crippen molar-refractivity contribution in [2.24, 2.45) is 5.92 Å². The van der Waals surface area contributed by atoms with Crippen LogP contribution in [0.1, 0.15) is 42.8 Å². The average Bonchev–Trinajstić information content (AvgIpc) is 3.19. The molecule has 1 aromatic heterocycles. The van der Waals surface area contributed by atoms with Crippen molar-refractivity contribution >= 4 is 40.5 Å². The quantitative estimate of drug-likeness (QED) is 0.615. The van der Waals surface area contributed by atoms with Gasteiger partial charge in [0.2, 0.25) is 5.91 Å². The van der Waals surface area contributed by atoms with E-state index in [0.717, 1.165) is 44.0 Å². The minimum Gasteiger partial charge on any atom is -0.363 e. The molecule has 0 bridgehead atoms. The van der Waals surface area contributed by atoms with Crippen molar-refractivity contribution in [3.05, 3.63) is 22.4 Å². The van der Waals surface area contributed by atoms with Gasteiger partial charge in [0.15, 0.2) is 5.11 Å². The summed E-state index contributed by atoms with van der Waals surface area (Å²) < 4.78 is 0. The van der Waals surface area contributed by atoms with Crippen LogP contribution in [0.5, 0.6) is 0 Å². The highest BCUT2D eigenvalue weighted by Crippen LogP contribution is 2.22. The Morgan fingerprint density at radius 3 is 2.62 bits per heavy atom. The van der Waals surface area contributed by atoms with Gasteiger partial charge in [-0.2, -0.15) is 0 Å². The Morgan fingerprint density at radius 2 is 2.04 bits per heavy atom. The molecule has 0 aromatic carbocycles. The molecule has 6 nitrogen and oxygen atoms in total. The van der Waals surface area contributed by atoms with E-state index in [-0.39, 0.29) is 17.7 Å². The Bertz CT molecular complexity index is 598. The molecule has 3 N–H and O–H groups in total. The molecule has 1 fully saturated rings. The number of hydrogen-bond donors (Lipinski definition) is 3. The molecule has 1 aliphatic rings. The molecule has 1 unspecified atom stereocenters. The van der Waals surface area contributed by atoms with Gasteiger partial charge in [-0.25, -0.2) is 0 Å². The largest absolute Gasteiger partial charge is 0.363 e. The number of carbonyl (C=O) groups is 2. The number of carbonyl (C=O) groups excluding carboxylic acids is 2. The van der Waals surface area contributed by atoms with E-state index in [4.69, 9.17) is 12.2 Å². The van der Waals surface area contributed by atoms with Crippen molar-refractivity contribution in [3.63, 3.8) is 0 Å². The van der Waals surface area contributed by atoms with Crippen LogP contribution in [-0.4, -0.2) is 54.0 Å². The number of amides is 2. The maximum Gasteiger partial charge on any atom is 0.262 e. The molecule has 0 radical (unpaired) electrons. The van der Waals surface area contributed by atoms with Gasteiger partial charge < -0.3 is 20.9 Å². The third kappa shape index (κ3) is 5.67. The zero-order valence-corrected chi connectivity index (χ0v) is 17.0. The number of rotatable bonds is 7. The minimum absolute atomic E-state index is 0.0931. The smallest absolute Gasteiger partial charge is 0.262 e. The first kappa shape index (κ1) is 20.6. The van der Waals surface area contributed by atoms with E-state index in [1.165, 1.54) is 11.3 Å². The van der Waals surface area contributed by atoms with E-state index in [1.807, 2.05) is 25.3 Å². The predicted octanol–water partition coefficient (Wildman–Crippen LogP) is 1.98. The molecule has 1 aliphatic heterocycles. The Labute approximate surface area is 164 Å². The van der Waals surface area contributed by atoms with E-state index >= 15 is 0 Å². The summed E-state index contributed by atoms with van der Waals surface area (Å²) in [5.41, 5.74) is 0. The third-order valence-electron chi connectivity index (χ3n) is 4.49. The molecular formula is C18H28N4O2S2. The molecule has 2 amide bonds. The highest BCUT2D eigenvalue weighted by Gasteiger charge is 2.33. The van der Waals surface area contributed by atoms with E-state index in [0.29, 0.717) is 11.4 Å². The molecule has 144 valence electrons. The summed E-state index contributed by atoms with van der Waals surface area (Å²) >= 11 is 6.76. The number of nitrogens with one attached hydrogen (secondary N) is 3. The molecule has 2 rings (SSSR count). The van der Waals surface area contributed by atoms with Crippen molar-refractivity contribution < 1.29 is 9.59 Å². The second-order valence-corrected chi connectivity index (χ2v) is 7.71. The Hall–Kier alpha value is -1.67. The molecule has 2 heterocycles. The summed E-state index contributed by atoms with van der Waals surface area (Å²) in [6.07, 6.45) is 2.51. The van der Waals surface area contributed by atoms with Gasteiger partial charge in [-0.05, 0) is 55.8 Å². The summed E-state index contributed by atoms with van der Waals surface area (Å²) in [5, 5.41) is 11.7. The lowest BCUT2D eigenvalue weighted by molar-refractivity contribution is -0.124. The SMILES string of the molecule is CCCNC(=O)C(NC(=O)c1cccs1)C1CCN(C(=S)NCC)CC1. The zero-order chi connectivity index (χ0) is 18.9.